The molecule has 15 heavy (non-hydrogen) atoms. The van der Waals surface area contributed by atoms with Crippen molar-refractivity contribution in [2.45, 2.75) is 33.1 Å². The van der Waals surface area contributed by atoms with E-state index in [1.165, 1.54) is 0 Å². The van der Waals surface area contributed by atoms with Gasteiger partial charge in [0.25, 0.3) is 0 Å². The van der Waals surface area contributed by atoms with Gasteiger partial charge in [0.15, 0.2) is 0 Å². The normalized spacial score (nSPS) is 12.6. The molecule has 0 radical (unpaired) electrons. The highest BCUT2D eigenvalue weighted by Crippen LogP contribution is 2.30. The van der Waals surface area contributed by atoms with Gasteiger partial charge in [0.2, 0.25) is 0 Å². The molecule has 1 N–H and O–H groups in total. The summed E-state index contributed by atoms with van der Waals surface area (Å²) in [5.41, 5.74) is 2.28. The lowest BCUT2D eigenvalue weighted by Crippen LogP contribution is -2.25. The zero-order valence-corrected chi connectivity index (χ0v) is 9.83. The molecule has 2 nitrogen and oxygen atoms in total. The van der Waals surface area contributed by atoms with Crippen LogP contribution in [0.2, 0.25) is 0 Å². The van der Waals surface area contributed by atoms with Gasteiger partial charge in [-0.25, -0.2) is 4.98 Å². The molecule has 0 aliphatic heterocycles. The fraction of sp³-hybridized carbons (Fsp3) is 0.462. The zero-order valence-electron chi connectivity index (χ0n) is 9.83. The third-order valence-electron chi connectivity index (χ3n) is 3.44. The largest absolute Gasteiger partial charge is 0.342 e. The predicted octanol–water partition coefficient (Wildman–Crippen LogP) is 3.50. The highest BCUT2D eigenvalue weighted by atomic mass is 14.9. The molecule has 2 aromatic rings. The third-order valence-corrected chi connectivity index (χ3v) is 3.44. The van der Waals surface area contributed by atoms with Crippen molar-refractivity contribution in [1.82, 2.24) is 9.97 Å². The minimum Gasteiger partial charge on any atom is -0.342 e. The molecule has 0 fully saturated rings. The summed E-state index contributed by atoms with van der Waals surface area (Å²) in [6, 6.07) is 8.18. The van der Waals surface area contributed by atoms with Crippen LogP contribution in [0.25, 0.3) is 11.0 Å². The highest BCUT2D eigenvalue weighted by Gasteiger charge is 2.27. The summed E-state index contributed by atoms with van der Waals surface area (Å²) in [6.07, 6.45) is 0. The van der Waals surface area contributed by atoms with Gasteiger partial charge in [-0.2, -0.15) is 0 Å². The average Bonchev–Trinajstić information content (AvgIpc) is 2.61. The van der Waals surface area contributed by atoms with Gasteiger partial charge in [0, 0.05) is 5.41 Å². The number of benzene rings is 1. The summed E-state index contributed by atoms with van der Waals surface area (Å²) in [7, 11) is 0. The third kappa shape index (κ3) is 1.65. The van der Waals surface area contributed by atoms with Gasteiger partial charge < -0.3 is 4.98 Å². The number of H-pyrrole nitrogens is 1. The number of nitrogens with zero attached hydrogens (tertiary/aromatic N) is 1. The quantitative estimate of drug-likeness (QED) is 0.793. The molecule has 1 heterocycles. The lowest BCUT2D eigenvalue weighted by atomic mass is 9.80. The van der Waals surface area contributed by atoms with Crippen LogP contribution in [0.3, 0.4) is 0 Å². The Labute approximate surface area is 90.7 Å². The molecule has 0 atom stereocenters. The molecule has 2 heteroatoms. The van der Waals surface area contributed by atoms with E-state index in [0.29, 0.717) is 5.92 Å². The van der Waals surface area contributed by atoms with Crippen LogP contribution in [-0.4, -0.2) is 9.97 Å². The first-order valence-electron chi connectivity index (χ1n) is 5.47. The number of fused-ring (bicyclic) bond motifs is 1. The standard InChI is InChI=1S/C13H18N2/c1-9(2)13(3,4)12-14-10-7-5-6-8-11(10)15-12/h5-9H,1-4H3,(H,14,15). The van der Waals surface area contributed by atoms with Gasteiger partial charge in [-0.1, -0.05) is 39.8 Å². The number of hydrogen-bond donors (Lipinski definition) is 1. The SMILES string of the molecule is CC(C)C(C)(C)c1nc2ccccc2[nH]1. The number of imidazole rings is 1. The first-order chi connectivity index (χ1) is 7.01. The van der Waals surface area contributed by atoms with E-state index in [0.717, 1.165) is 16.9 Å². The van der Waals surface area contributed by atoms with Crippen molar-refractivity contribution in [2.75, 3.05) is 0 Å². The Bertz CT molecular complexity index is 433. The average molecular weight is 202 g/mol. The lowest BCUT2D eigenvalue weighted by molar-refractivity contribution is 0.355. The maximum absolute atomic E-state index is 4.65. The predicted molar refractivity (Wildman–Crippen MR) is 64.0 cm³/mol. The Hall–Kier alpha value is -1.31. The van der Waals surface area contributed by atoms with Gasteiger partial charge in [-0.3, -0.25) is 0 Å². The van der Waals surface area contributed by atoms with Crippen LogP contribution < -0.4 is 0 Å². The topological polar surface area (TPSA) is 28.7 Å². The van der Waals surface area contributed by atoms with Crippen molar-refractivity contribution in [1.29, 1.82) is 0 Å². The van der Waals surface area contributed by atoms with Crippen LogP contribution in [0.1, 0.15) is 33.5 Å². The first kappa shape index (κ1) is 10.2. The fourth-order valence-corrected chi connectivity index (χ4v) is 1.53. The molecular weight excluding hydrogens is 184 g/mol. The molecule has 0 bridgehead atoms. The van der Waals surface area contributed by atoms with E-state index in [2.05, 4.69) is 43.7 Å². The Morgan fingerprint density at radius 2 is 1.87 bits per heavy atom. The van der Waals surface area contributed by atoms with E-state index in [1.807, 2.05) is 18.2 Å². The maximum Gasteiger partial charge on any atom is 0.113 e. The van der Waals surface area contributed by atoms with Crippen molar-refractivity contribution in [3.63, 3.8) is 0 Å². The van der Waals surface area contributed by atoms with Crippen molar-refractivity contribution in [3.05, 3.63) is 30.1 Å². The van der Waals surface area contributed by atoms with Crippen LogP contribution in [-0.2, 0) is 5.41 Å². The molecule has 2 rings (SSSR count). The van der Waals surface area contributed by atoms with Crippen LogP contribution >= 0.6 is 0 Å². The molecule has 0 amide bonds. The smallest absolute Gasteiger partial charge is 0.113 e. The molecule has 0 aliphatic rings. The molecule has 0 spiro atoms. The Morgan fingerprint density at radius 1 is 1.20 bits per heavy atom. The summed E-state index contributed by atoms with van der Waals surface area (Å²) in [5.74, 6) is 1.65. The molecule has 0 unspecified atom stereocenters. The van der Waals surface area contributed by atoms with E-state index >= 15 is 0 Å². The second-order valence-electron chi connectivity index (χ2n) is 4.98. The molecular formula is C13H18N2. The van der Waals surface area contributed by atoms with Gasteiger partial charge in [0.05, 0.1) is 11.0 Å². The number of hydrogen-bond acceptors (Lipinski definition) is 1. The molecule has 0 saturated heterocycles. The van der Waals surface area contributed by atoms with Gasteiger partial charge in [-0.05, 0) is 18.1 Å². The van der Waals surface area contributed by atoms with Crippen molar-refractivity contribution >= 4 is 11.0 Å². The monoisotopic (exact) mass is 202 g/mol. The summed E-state index contributed by atoms with van der Waals surface area (Å²) in [6.45, 7) is 8.92. The number of aromatic amines is 1. The van der Waals surface area contributed by atoms with Gasteiger partial charge >= 0.3 is 0 Å². The number of nitrogens with one attached hydrogen (secondary N) is 1. The summed E-state index contributed by atoms with van der Waals surface area (Å²) >= 11 is 0. The second kappa shape index (κ2) is 3.37. The Kier molecular flexibility index (Phi) is 2.29. The molecule has 0 aliphatic carbocycles. The van der Waals surface area contributed by atoms with Crippen molar-refractivity contribution in [2.24, 2.45) is 5.92 Å². The minimum absolute atomic E-state index is 0.0962. The van der Waals surface area contributed by atoms with E-state index < -0.39 is 0 Å². The van der Waals surface area contributed by atoms with Crippen LogP contribution in [0.5, 0.6) is 0 Å². The summed E-state index contributed by atoms with van der Waals surface area (Å²) in [4.78, 5) is 8.06. The van der Waals surface area contributed by atoms with Crippen LogP contribution in [0, 0.1) is 5.92 Å². The Balaban J connectivity index is 2.53. The molecule has 80 valence electrons. The van der Waals surface area contributed by atoms with Crippen molar-refractivity contribution < 1.29 is 0 Å². The summed E-state index contributed by atoms with van der Waals surface area (Å²) < 4.78 is 0. The molecule has 1 aromatic carbocycles. The fourth-order valence-electron chi connectivity index (χ4n) is 1.53. The van der Waals surface area contributed by atoms with Gasteiger partial charge in [0.1, 0.15) is 5.82 Å². The molecule has 1 aromatic heterocycles. The first-order valence-corrected chi connectivity index (χ1v) is 5.47. The second-order valence-corrected chi connectivity index (χ2v) is 4.98. The van der Waals surface area contributed by atoms with E-state index in [4.69, 9.17) is 0 Å². The van der Waals surface area contributed by atoms with E-state index in [1.54, 1.807) is 0 Å². The van der Waals surface area contributed by atoms with Crippen molar-refractivity contribution in [3.8, 4) is 0 Å². The van der Waals surface area contributed by atoms with Crippen LogP contribution in [0.15, 0.2) is 24.3 Å². The Morgan fingerprint density at radius 3 is 2.47 bits per heavy atom. The maximum atomic E-state index is 4.65. The highest BCUT2D eigenvalue weighted by molar-refractivity contribution is 5.74. The van der Waals surface area contributed by atoms with E-state index in [9.17, 15) is 0 Å². The zero-order chi connectivity index (χ0) is 11.1. The van der Waals surface area contributed by atoms with Crippen LogP contribution in [0.4, 0.5) is 0 Å². The number of aromatic nitrogens is 2. The minimum atomic E-state index is 0.0962. The number of rotatable bonds is 2. The summed E-state index contributed by atoms with van der Waals surface area (Å²) in [5, 5.41) is 0. The number of para-hydroxylation sites is 2. The molecule has 0 saturated carbocycles. The lowest BCUT2D eigenvalue weighted by Gasteiger charge is -2.26. The van der Waals surface area contributed by atoms with E-state index in [-0.39, 0.29) is 5.41 Å². The van der Waals surface area contributed by atoms with Gasteiger partial charge in [-0.15, -0.1) is 0 Å².